The number of alkyl halides is 3. The number of nitrogens with zero attached hydrogens (tertiary/aromatic N) is 3. The van der Waals surface area contributed by atoms with Crippen LogP contribution < -0.4 is 9.62 Å². The van der Waals surface area contributed by atoms with E-state index in [0.29, 0.717) is 5.02 Å². The van der Waals surface area contributed by atoms with Crippen molar-refractivity contribution in [2.45, 2.75) is 18.9 Å². The van der Waals surface area contributed by atoms with Gasteiger partial charge in [0.05, 0.1) is 29.4 Å². The van der Waals surface area contributed by atoms with Gasteiger partial charge >= 0.3 is 12.1 Å². The molecule has 15 heteroatoms. The first-order valence-electron chi connectivity index (χ1n) is 10.2. The van der Waals surface area contributed by atoms with E-state index in [1.807, 2.05) is 4.72 Å². The molecule has 2 aromatic rings. The molecule has 1 aromatic heterocycles. The Hall–Kier alpha value is -3.08. The molecule has 0 unspecified atom stereocenters. The van der Waals surface area contributed by atoms with Gasteiger partial charge in [-0.15, -0.1) is 0 Å². The number of carbonyl (C=O) groups is 2. The first-order chi connectivity index (χ1) is 16.8. The Morgan fingerprint density at radius 3 is 2.50 bits per heavy atom. The molecule has 0 saturated carbocycles. The fraction of sp³-hybridized carbons (Fsp3) is 0.333. The molecule has 9 nitrogen and oxygen atoms in total. The van der Waals surface area contributed by atoms with Crippen LogP contribution >= 0.6 is 23.2 Å². The fourth-order valence-electron chi connectivity index (χ4n) is 3.34. The molecule has 0 atom stereocenters. The second kappa shape index (κ2) is 10.5. The summed E-state index contributed by atoms with van der Waals surface area (Å²) in [6, 6.07) is 6.60. The van der Waals surface area contributed by atoms with E-state index in [1.165, 1.54) is 30.0 Å². The number of hydrogen-bond acceptors (Lipinski definition) is 8. The average molecular weight is 565 g/mol. The highest BCUT2D eigenvalue weighted by molar-refractivity contribution is 7.89. The topological polar surface area (TPSA) is 129 Å². The summed E-state index contributed by atoms with van der Waals surface area (Å²) in [5, 5.41) is 9.79. The lowest BCUT2D eigenvalue weighted by Gasteiger charge is -2.39. The van der Waals surface area contributed by atoms with E-state index in [-0.39, 0.29) is 35.8 Å². The van der Waals surface area contributed by atoms with Gasteiger partial charge in [0.2, 0.25) is 15.9 Å². The zero-order valence-electron chi connectivity index (χ0n) is 18.4. The maximum Gasteiger partial charge on any atom is 0.434 e. The van der Waals surface area contributed by atoms with Crippen LogP contribution in [0.4, 0.5) is 19.0 Å². The lowest BCUT2D eigenvalue weighted by atomic mass is 9.98. The molecule has 2 heterocycles. The van der Waals surface area contributed by atoms with Crippen LogP contribution in [0.1, 0.15) is 34.1 Å². The number of hydrogen-bond donors (Lipinski definition) is 1. The number of nitrogens with one attached hydrogen (secondary N) is 1. The molecule has 192 valence electrons. The molecule has 1 N–H and O–H groups in total. The van der Waals surface area contributed by atoms with Crippen LogP contribution in [0.5, 0.6) is 0 Å². The number of ether oxygens (including phenoxy) is 1. The molecule has 1 aliphatic heterocycles. The molecule has 1 aromatic carbocycles. The summed E-state index contributed by atoms with van der Waals surface area (Å²) in [4.78, 5) is 29.1. The predicted molar refractivity (Wildman–Crippen MR) is 123 cm³/mol. The minimum Gasteiger partial charge on any atom is -0.462 e. The van der Waals surface area contributed by atoms with Gasteiger partial charge in [-0.2, -0.15) is 18.4 Å². The number of rotatable bonds is 7. The highest BCUT2D eigenvalue weighted by Gasteiger charge is 2.42. The van der Waals surface area contributed by atoms with Crippen LogP contribution in [-0.4, -0.2) is 45.0 Å². The summed E-state index contributed by atoms with van der Waals surface area (Å²) in [7, 11) is -4.15. The molecule has 0 spiro atoms. The first-order valence-corrected chi connectivity index (χ1v) is 12.6. The van der Waals surface area contributed by atoms with Crippen LogP contribution in [0.2, 0.25) is 10.0 Å². The van der Waals surface area contributed by atoms with Gasteiger partial charge in [0.15, 0.2) is 5.69 Å². The second-order valence-corrected chi connectivity index (χ2v) is 10.2. The van der Waals surface area contributed by atoms with Crippen LogP contribution in [0, 0.1) is 17.2 Å². The number of benzene rings is 1. The lowest BCUT2D eigenvalue weighted by Crippen LogP contribution is -2.55. The molecule has 36 heavy (non-hydrogen) atoms. The maximum absolute atomic E-state index is 13.6. The van der Waals surface area contributed by atoms with E-state index in [2.05, 4.69) is 9.72 Å². The van der Waals surface area contributed by atoms with Crippen LogP contribution in [0.25, 0.3) is 0 Å². The zero-order chi connectivity index (χ0) is 26.8. The number of pyridine rings is 1. The number of aromatic nitrogens is 1. The Morgan fingerprint density at radius 1 is 1.28 bits per heavy atom. The molecule has 0 aliphatic carbocycles. The number of carbonyl (C=O) groups excluding carboxylic acids is 2. The Balaban J connectivity index is 1.75. The third-order valence-electron chi connectivity index (χ3n) is 5.06. The average Bonchev–Trinajstić information content (AvgIpc) is 2.73. The van der Waals surface area contributed by atoms with Gasteiger partial charge in [-0.05, 0) is 30.7 Å². The largest absolute Gasteiger partial charge is 0.462 e. The van der Waals surface area contributed by atoms with Gasteiger partial charge in [-0.1, -0.05) is 29.3 Å². The number of halogens is 5. The highest BCUT2D eigenvalue weighted by atomic mass is 35.5. The van der Waals surface area contributed by atoms with Crippen molar-refractivity contribution in [3.05, 3.63) is 56.7 Å². The van der Waals surface area contributed by atoms with E-state index in [0.717, 1.165) is 6.07 Å². The van der Waals surface area contributed by atoms with Gasteiger partial charge in [0.25, 0.3) is 0 Å². The smallest absolute Gasteiger partial charge is 0.434 e. The summed E-state index contributed by atoms with van der Waals surface area (Å²) < 4.78 is 72.0. The summed E-state index contributed by atoms with van der Waals surface area (Å²) in [6.45, 7) is 0.811. The number of anilines is 1. The molecule has 3 rings (SSSR count). The van der Waals surface area contributed by atoms with Crippen LogP contribution in [0.3, 0.4) is 0 Å². The number of esters is 1. The Labute approximate surface area is 213 Å². The summed E-state index contributed by atoms with van der Waals surface area (Å²) >= 11 is 11.8. The Morgan fingerprint density at radius 2 is 1.94 bits per heavy atom. The third-order valence-corrected chi connectivity index (χ3v) is 6.85. The van der Waals surface area contributed by atoms with E-state index in [4.69, 9.17) is 23.2 Å². The van der Waals surface area contributed by atoms with Crippen molar-refractivity contribution >= 4 is 50.9 Å². The lowest BCUT2D eigenvalue weighted by molar-refractivity contribution is -0.141. The van der Waals surface area contributed by atoms with Crippen molar-refractivity contribution in [3.8, 4) is 6.07 Å². The van der Waals surface area contributed by atoms with E-state index < -0.39 is 56.8 Å². The van der Waals surface area contributed by atoms with Gasteiger partial charge < -0.3 is 9.64 Å². The first kappa shape index (κ1) is 27.5. The quantitative estimate of drug-likeness (QED) is 0.505. The van der Waals surface area contributed by atoms with E-state index >= 15 is 0 Å². The summed E-state index contributed by atoms with van der Waals surface area (Å²) in [6.07, 6.45) is -5.02. The number of amides is 1. The van der Waals surface area contributed by atoms with Crippen molar-refractivity contribution in [1.29, 1.82) is 5.26 Å². The molecular formula is C21H17Cl2F3N4O5S. The minimum absolute atomic E-state index is 0.0944. The molecule has 1 fully saturated rings. The highest BCUT2D eigenvalue weighted by Crippen LogP contribution is 2.36. The number of nitriles is 1. The SMILES string of the molecule is CCOC(=O)c1cc(C#N)c(N2CC(C(=O)NS(=O)(=O)Cc3ccc(Cl)cc3Cl)C2)nc1C(F)(F)F. The molecule has 0 radical (unpaired) electrons. The predicted octanol–water partition coefficient (Wildman–Crippen LogP) is 3.54. The van der Waals surface area contributed by atoms with E-state index in [9.17, 15) is 36.4 Å². The standard InChI is InChI=1S/C21H17Cl2F3N4O5S/c1-2-35-20(32)15-5-12(7-27)18(28-17(15)21(24,25)26)30-8-13(9-30)19(31)29-36(33,34)10-11-3-4-14(22)6-16(11)23/h3-6,13H,2,8-10H2,1H3,(H,29,31). The molecule has 1 saturated heterocycles. The van der Waals surface area contributed by atoms with Crippen molar-refractivity contribution in [1.82, 2.24) is 9.71 Å². The van der Waals surface area contributed by atoms with Gasteiger partial charge in [-0.25, -0.2) is 18.2 Å². The molecule has 1 aliphatic rings. The van der Waals surface area contributed by atoms with Crippen molar-refractivity contribution in [2.24, 2.45) is 5.92 Å². The number of sulfonamides is 1. The Bertz CT molecular complexity index is 1360. The molecule has 1 amide bonds. The monoisotopic (exact) mass is 564 g/mol. The van der Waals surface area contributed by atoms with Gasteiger partial charge in [-0.3, -0.25) is 9.52 Å². The molecular weight excluding hydrogens is 548 g/mol. The zero-order valence-corrected chi connectivity index (χ0v) is 20.7. The van der Waals surface area contributed by atoms with Crippen molar-refractivity contribution < 1.29 is 35.9 Å². The minimum atomic E-state index is -5.02. The third kappa shape index (κ3) is 6.18. The van der Waals surface area contributed by atoms with Gasteiger partial charge in [0.1, 0.15) is 11.9 Å². The van der Waals surface area contributed by atoms with Crippen LogP contribution in [0.15, 0.2) is 24.3 Å². The van der Waals surface area contributed by atoms with Crippen molar-refractivity contribution in [2.75, 3.05) is 24.6 Å². The fourth-order valence-corrected chi connectivity index (χ4v) is 5.10. The molecule has 0 bridgehead atoms. The van der Waals surface area contributed by atoms with E-state index in [1.54, 1.807) is 6.07 Å². The summed E-state index contributed by atoms with van der Waals surface area (Å²) in [5.41, 5.74) is -2.58. The maximum atomic E-state index is 13.6. The van der Waals surface area contributed by atoms with Crippen molar-refractivity contribution in [3.63, 3.8) is 0 Å². The Kier molecular flexibility index (Phi) is 8.02. The van der Waals surface area contributed by atoms with Crippen LogP contribution in [-0.2, 0) is 31.5 Å². The second-order valence-electron chi connectivity index (χ2n) is 7.65. The summed E-state index contributed by atoms with van der Waals surface area (Å²) in [5.74, 6) is -4.07. The van der Waals surface area contributed by atoms with Gasteiger partial charge in [0, 0.05) is 23.1 Å². The normalized spacial score (nSPS) is 14.1.